The predicted molar refractivity (Wildman–Crippen MR) is 317 cm³/mol. The van der Waals surface area contributed by atoms with Crippen molar-refractivity contribution < 1.29 is 19.5 Å². The summed E-state index contributed by atoms with van der Waals surface area (Å²) < 4.78 is 12.4. The van der Waals surface area contributed by atoms with Crippen LogP contribution < -0.4 is 10.3 Å². The first kappa shape index (κ1) is 63.9. The first-order valence-corrected chi connectivity index (χ1v) is 26.3. The Bertz CT molecular complexity index is 3060. The highest BCUT2D eigenvalue weighted by atomic mass is 16.5. The number of aromatic amines is 1. The zero-order valence-electron chi connectivity index (χ0n) is 50.2. The fourth-order valence-electron chi connectivity index (χ4n) is 8.86. The molecule has 0 aliphatic carbocycles. The standard InChI is InChI=1S/C14H16.C13H17N.C10H16N2O2.C10H15NO2.C9H15NO.C9H13N/c1-14(2,3)13-9-8-11-6-4-5-7-12(11)10-13;1-13(2,3)11-9-14(4)12-8-6-5-7-10(11)12;1-10(2,3)8-7(5-13)11-6-12-9(8)14-4;1-10(2,3)8-7(6-12)4-5-11-9(8)13;1-6-8(9(3,4)5)7(2)11-10-6;1-9(2,3)8-5-4-6-10-7-8/h4-10H,1-3H3;5-9H,1-4H3;6,13H,5H2,1-4H3;4-5,12H,6H2,1-3H3,(H,11,13);1-5H3;4-7H,1-3H3. The van der Waals surface area contributed by atoms with Gasteiger partial charge in [-0.25, -0.2) is 9.97 Å². The van der Waals surface area contributed by atoms with Crippen LogP contribution in [0.25, 0.3) is 21.7 Å². The maximum Gasteiger partial charge on any atom is 0.252 e. The van der Waals surface area contributed by atoms with Gasteiger partial charge in [0, 0.05) is 59.4 Å². The third kappa shape index (κ3) is 18.4. The molecule has 3 aromatic carbocycles. The highest BCUT2D eigenvalue weighted by Gasteiger charge is 2.25. The Morgan fingerprint density at radius 1 is 0.618 bits per heavy atom. The SMILES string of the molecule is CC(C)(C)c1c(CO)cc[nH]c1=O.CC(C)(C)c1ccc2ccccc2c1.CC(C)(C)c1cccnc1.COc1ncnc(CO)c1C(C)(C)C.Cc1noc(C)c1C(C)(C)C.Cn1cc(C(C)(C)C)c2ccccc21. The van der Waals surface area contributed by atoms with Crippen molar-refractivity contribution in [1.29, 1.82) is 0 Å². The number of rotatable bonds is 3. The highest BCUT2D eigenvalue weighted by molar-refractivity contribution is 5.85. The number of aliphatic hydroxyl groups excluding tert-OH is 2. The Labute approximate surface area is 455 Å². The van der Waals surface area contributed by atoms with Gasteiger partial charge in [0.15, 0.2) is 0 Å². The molecule has 0 unspecified atom stereocenters. The summed E-state index contributed by atoms with van der Waals surface area (Å²) in [5.41, 5.74) is 10.9. The number of benzene rings is 3. The maximum absolute atomic E-state index is 11.5. The Balaban J connectivity index is 0.000000241. The number of aliphatic hydroxyl groups is 2. The van der Waals surface area contributed by atoms with Crippen LogP contribution in [0.15, 0.2) is 125 Å². The van der Waals surface area contributed by atoms with E-state index in [2.05, 4.69) is 199 Å². The van der Waals surface area contributed by atoms with E-state index in [4.69, 9.17) is 19.5 Å². The van der Waals surface area contributed by atoms with Gasteiger partial charge in [0.2, 0.25) is 5.88 Å². The van der Waals surface area contributed by atoms with E-state index in [1.54, 1.807) is 25.6 Å². The van der Waals surface area contributed by atoms with Crippen LogP contribution in [0.1, 0.15) is 181 Å². The van der Waals surface area contributed by atoms with Gasteiger partial charge in [-0.15, -0.1) is 0 Å². The van der Waals surface area contributed by atoms with E-state index < -0.39 is 0 Å². The zero-order chi connectivity index (χ0) is 57.6. The molecule has 11 nitrogen and oxygen atoms in total. The number of pyridine rings is 2. The van der Waals surface area contributed by atoms with Gasteiger partial charge in [-0.2, -0.15) is 0 Å². The minimum atomic E-state index is -0.229. The molecule has 0 amide bonds. The van der Waals surface area contributed by atoms with Crippen LogP contribution in [0.4, 0.5) is 0 Å². The van der Waals surface area contributed by atoms with Gasteiger partial charge in [-0.1, -0.05) is 197 Å². The van der Waals surface area contributed by atoms with E-state index in [0.29, 0.717) is 22.7 Å². The predicted octanol–water partition coefficient (Wildman–Crippen LogP) is 15.0. The normalized spacial score (nSPS) is 11.8. The summed E-state index contributed by atoms with van der Waals surface area (Å²) in [5.74, 6) is 1.48. The Morgan fingerprint density at radius 3 is 1.64 bits per heavy atom. The third-order valence-corrected chi connectivity index (χ3v) is 12.6. The van der Waals surface area contributed by atoms with Crippen molar-refractivity contribution in [3.05, 3.63) is 182 Å². The molecule has 8 rings (SSSR count). The van der Waals surface area contributed by atoms with E-state index in [0.717, 1.165) is 17.0 Å². The molecule has 0 atom stereocenters. The minimum Gasteiger partial charge on any atom is -0.481 e. The van der Waals surface area contributed by atoms with Crippen LogP contribution in [-0.4, -0.2) is 47.0 Å². The molecule has 5 aromatic heterocycles. The smallest absolute Gasteiger partial charge is 0.252 e. The summed E-state index contributed by atoms with van der Waals surface area (Å²) in [4.78, 5) is 26.2. The summed E-state index contributed by atoms with van der Waals surface area (Å²) in [5, 5.41) is 26.1. The average molecular weight is 1040 g/mol. The second-order valence-electron chi connectivity index (χ2n) is 25.4. The van der Waals surface area contributed by atoms with Gasteiger partial charge in [0.05, 0.1) is 31.7 Å². The largest absolute Gasteiger partial charge is 0.481 e. The van der Waals surface area contributed by atoms with Gasteiger partial charge in [0.1, 0.15) is 12.1 Å². The first-order chi connectivity index (χ1) is 35.1. The maximum atomic E-state index is 11.5. The van der Waals surface area contributed by atoms with Crippen LogP contribution >= 0.6 is 0 Å². The van der Waals surface area contributed by atoms with Crippen molar-refractivity contribution in [1.82, 2.24) is 29.7 Å². The number of hydrogen-bond acceptors (Lipinski definition) is 9. The molecule has 412 valence electrons. The van der Waals surface area contributed by atoms with Gasteiger partial charge < -0.3 is 29.0 Å². The van der Waals surface area contributed by atoms with Crippen molar-refractivity contribution in [3.63, 3.8) is 0 Å². The number of methoxy groups -OCH3 is 1. The topological polar surface area (TPSA) is 152 Å². The van der Waals surface area contributed by atoms with Gasteiger partial charge in [-0.3, -0.25) is 9.78 Å². The van der Waals surface area contributed by atoms with Gasteiger partial charge >= 0.3 is 0 Å². The van der Waals surface area contributed by atoms with E-state index in [-0.39, 0.29) is 51.3 Å². The first-order valence-electron chi connectivity index (χ1n) is 26.3. The van der Waals surface area contributed by atoms with E-state index in [1.807, 2.05) is 67.7 Å². The van der Waals surface area contributed by atoms with Crippen molar-refractivity contribution in [2.75, 3.05) is 7.11 Å². The van der Waals surface area contributed by atoms with Gasteiger partial charge in [0.25, 0.3) is 5.56 Å². The molecule has 5 heterocycles. The van der Waals surface area contributed by atoms with E-state index >= 15 is 0 Å². The lowest BCUT2D eigenvalue weighted by molar-refractivity contribution is 0.270. The van der Waals surface area contributed by atoms with Crippen molar-refractivity contribution >= 4 is 21.7 Å². The average Bonchev–Trinajstić information content (AvgIpc) is 3.88. The number of fused-ring (bicyclic) bond motifs is 2. The fraction of sp³-hybridized carbons (Fsp3) is 0.462. The molecule has 0 bridgehead atoms. The number of nitrogens with one attached hydrogen (secondary N) is 1. The number of nitrogens with zero attached hydrogens (tertiary/aromatic N) is 5. The summed E-state index contributed by atoms with van der Waals surface area (Å²) in [6.07, 6.45) is 8.92. The summed E-state index contributed by atoms with van der Waals surface area (Å²) in [6, 6.07) is 29.6. The number of ether oxygens (including phenoxy) is 1. The third-order valence-electron chi connectivity index (χ3n) is 12.6. The number of aromatic nitrogens is 6. The van der Waals surface area contributed by atoms with Crippen LogP contribution in [0.2, 0.25) is 0 Å². The Morgan fingerprint density at radius 2 is 1.20 bits per heavy atom. The molecule has 76 heavy (non-hydrogen) atoms. The van der Waals surface area contributed by atoms with Crippen molar-refractivity contribution in [2.24, 2.45) is 7.05 Å². The molecular weight excluding hydrogens is 945 g/mol. The molecule has 3 N–H and O–H groups in total. The molecule has 0 fully saturated rings. The lowest BCUT2D eigenvalue weighted by Crippen LogP contribution is -2.26. The molecule has 0 saturated heterocycles. The fourth-order valence-corrected chi connectivity index (χ4v) is 8.86. The molecule has 11 heteroatoms. The van der Waals surface area contributed by atoms with E-state index in [1.165, 1.54) is 50.3 Å². The number of para-hydroxylation sites is 1. The van der Waals surface area contributed by atoms with Crippen molar-refractivity contribution in [2.45, 2.75) is 184 Å². The number of aryl methyl sites for hydroxylation is 3. The molecule has 0 aliphatic rings. The van der Waals surface area contributed by atoms with Crippen LogP contribution in [0.3, 0.4) is 0 Å². The second-order valence-corrected chi connectivity index (χ2v) is 25.4. The quantitative estimate of drug-likeness (QED) is 0.157. The molecule has 0 radical (unpaired) electrons. The molecule has 8 aromatic rings. The van der Waals surface area contributed by atoms with Crippen molar-refractivity contribution in [3.8, 4) is 5.88 Å². The monoisotopic (exact) mass is 1040 g/mol. The van der Waals surface area contributed by atoms with Crippen LogP contribution in [-0.2, 0) is 52.8 Å². The lowest BCUT2D eigenvalue weighted by Gasteiger charge is -2.22. The second kappa shape index (κ2) is 26.6. The lowest BCUT2D eigenvalue weighted by atomic mass is 9.85. The molecular formula is C65H92N6O5. The Hall–Kier alpha value is -6.43. The summed E-state index contributed by atoms with van der Waals surface area (Å²) >= 11 is 0. The summed E-state index contributed by atoms with van der Waals surface area (Å²) in [6.45, 7) is 42.3. The van der Waals surface area contributed by atoms with Crippen LogP contribution in [0, 0.1) is 13.8 Å². The Kier molecular flexibility index (Phi) is 22.3. The number of H-pyrrole nitrogens is 1. The summed E-state index contributed by atoms with van der Waals surface area (Å²) in [7, 11) is 3.68. The molecule has 0 saturated carbocycles. The van der Waals surface area contributed by atoms with E-state index in [9.17, 15) is 4.79 Å². The number of hydrogen-bond donors (Lipinski definition) is 3. The highest BCUT2D eigenvalue weighted by Crippen LogP contribution is 2.33. The molecule has 0 spiro atoms. The zero-order valence-corrected chi connectivity index (χ0v) is 50.2. The minimum absolute atomic E-state index is 0.0868. The molecule has 0 aliphatic heterocycles. The van der Waals surface area contributed by atoms with Crippen LogP contribution in [0.5, 0.6) is 5.88 Å². The van der Waals surface area contributed by atoms with Gasteiger partial charge in [-0.05, 0) is 97.6 Å².